The number of rotatable bonds is 4. The predicted molar refractivity (Wildman–Crippen MR) is 71.6 cm³/mol. The minimum absolute atomic E-state index is 0.357. The molecule has 1 aromatic carbocycles. The fraction of sp³-hybridized carbons (Fsp3) is 0.467. The molecular weight excluding hydrogens is 232 g/mol. The normalized spacial score (nSPS) is 14.0. The summed E-state index contributed by atoms with van der Waals surface area (Å²) in [6.45, 7) is 2.85. The van der Waals surface area contributed by atoms with E-state index in [1.165, 1.54) is 18.4 Å². The maximum atomic E-state index is 5.79. The Labute approximate surface area is 108 Å². The van der Waals surface area contributed by atoms with Gasteiger partial charge in [0, 0.05) is 0 Å². The zero-order valence-electron chi connectivity index (χ0n) is 10.1. The first-order valence-corrected chi connectivity index (χ1v) is 6.61. The molecule has 0 N–H and O–H groups in total. The van der Waals surface area contributed by atoms with Crippen molar-refractivity contribution in [1.29, 1.82) is 0 Å². The first-order chi connectivity index (χ1) is 8.29. The summed E-state index contributed by atoms with van der Waals surface area (Å²) in [5, 5.41) is 0. The number of ether oxygens (including phenoxy) is 1. The average molecular weight is 249 g/mol. The van der Waals surface area contributed by atoms with Crippen LogP contribution < -0.4 is 4.74 Å². The van der Waals surface area contributed by atoms with E-state index in [9.17, 15) is 0 Å². The number of aryl methyl sites for hydroxylation is 1. The summed E-state index contributed by atoms with van der Waals surface area (Å²) in [7, 11) is 0. The minimum atomic E-state index is 0.357. The molecule has 0 heterocycles. The van der Waals surface area contributed by atoms with Crippen molar-refractivity contribution < 1.29 is 4.74 Å². The van der Waals surface area contributed by atoms with Crippen molar-refractivity contribution in [3.8, 4) is 17.6 Å². The van der Waals surface area contributed by atoms with Crippen LogP contribution in [0.2, 0.25) is 0 Å². The largest absolute Gasteiger partial charge is 0.492 e. The third-order valence-electron chi connectivity index (χ3n) is 2.91. The molecule has 0 unspecified atom stereocenters. The van der Waals surface area contributed by atoms with Crippen LogP contribution >= 0.6 is 11.6 Å². The van der Waals surface area contributed by atoms with Gasteiger partial charge in [-0.1, -0.05) is 30.7 Å². The molecule has 1 fully saturated rings. The van der Waals surface area contributed by atoms with Gasteiger partial charge < -0.3 is 4.74 Å². The fourth-order valence-electron chi connectivity index (χ4n) is 1.74. The monoisotopic (exact) mass is 248 g/mol. The van der Waals surface area contributed by atoms with Crippen molar-refractivity contribution in [3.63, 3.8) is 0 Å². The van der Waals surface area contributed by atoms with Crippen LogP contribution in [-0.2, 0) is 0 Å². The summed E-state index contributed by atoms with van der Waals surface area (Å²) < 4.78 is 5.79. The molecular formula is C15H17ClO. The van der Waals surface area contributed by atoms with E-state index in [4.69, 9.17) is 16.3 Å². The van der Waals surface area contributed by atoms with Crippen molar-refractivity contribution in [2.24, 2.45) is 5.92 Å². The van der Waals surface area contributed by atoms with E-state index < -0.39 is 0 Å². The Bertz CT molecular complexity index is 438. The third-order valence-corrected chi connectivity index (χ3v) is 3.04. The summed E-state index contributed by atoms with van der Waals surface area (Å²) in [6, 6.07) is 6.10. The lowest BCUT2D eigenvalue weighted by Crippen LogP contribution is -2.00. The SMILES string of the molecule is Cc1ccc(OCCC2CC2)c(C#CCCl)c1. The van der Waals surface area contributed by atoms with Crippen LogP contribution in [0.25, 0.3) is 0 Å². The number of hydrogen-bond acceptors (Lipinski definition) is 1. The van der Waals surface area contributed by atoms with Crippen molar-refractivity contribution >= 4 is 11.6 Å². The molecule has 2 heteroatoms. The second-order valence-electron chi connectivity index (χ2n) is 4.52. The molecule has 1 aliphatic rings. The average Bonchev–Trinajstić information content (AvgIpc) is 3.13. The Hall–Kier alpha value is -1.13. The van der Waals surface area contributed by atoms with Gasteiger partial charge in [0.25, 0.3) is 0 Å². The van der Waals surface area contributed by atoms with Crippen LogP contribution in [0.3, 0.4) is 0 Å². The van der Waals surface area contributed by atoms with Crippen LogP contribution in [0.1, 0.15) is 30.4 Å². The number of benzene rings is 1. The zero-order valence-corrected chi connectivity index (χ0v) is 10.9. The third kappa shape index (κ3) is 3.98. The van der Waals surface area contributed by atoms with Gasteiger partial charge in [0.15, 0.2) is 0 Å². The maximum Gasteiger partial charge on any atom is 0.134 e. The van der Waals surface area contributed by atoms with Gasteiger partial charge in [-0.2, -0.15) is 0 Å². The van der Waals surface area contributed by atoms with E-state index in [0.29, 0.717) is 5.88 Å². The summed E-state index contributed by atoms with van der Waals surface area (Å²) in [6.07, 6.45) is 3.91. The lowest BCUT2D eigenvalue weighted by Gasteiger charge is -2.08. The molecule has 1 nitrogen and oxygen atoms in total. The van der Waals surface area contributed by atoms with Gasteiger partial charge in [0.2, 0.25) is 0 Å². The fourth-order valence-corrected chi connectivity index (χ4v) is 1.80. The Morgan fingerprint density at radius 3 is 2.94 bits per heavy atom. The van der Waals surface area contributed by atoms with Crippen molar-refractivity contribution in [1.82, 2.24) is 0 Å². The van der Waals surface area contributed by atoms with Gasteiger partial charge in [-0.25, -0.2) is 0 Å². The molecule has 0 spiro atoms. The Kier molecular flexibility index (Phi) is 4.34. The molecule has 0 bridgehead atoms. The highest BCUT2D eigenvalue weighted by atomic mass is 35.5. The molecule has 1 aliphatic carbocycles. The van der Waals surface area contributed by atoms with E-state index >= 15 is 0 Å². The van der Waals surface area contributed by atoms with Gasteiger partial charge in [0.05, 0.1) is 18.1 Å². The van der Waals surface area contributed by atoms with Gasteiger partial charge in [-0.3, -0.25) is 0 Å². The molecule has 0 amide bonds. The molecule has 2 rings (SSSR count). The van der Waals surface area contributed by atoms with E-state index in [0.717, 1.165) is 30.3 Å². The molecule has 0 radical (unpaired) electrons. The zero-order chi connectivity index (χ0) is 12.1. The van der Waals surface area contributed by atoms with E-state index in [1.54, 1.807) is 0 Å². The second kappa shape index (κ2) is 5.98. The van der Waals surface area contributed by atoms with E-state index in [-0.39, 0.29) is 0 Å². The Morgan fingerprint density at radius 2 is 2.24 bits per heavy atom. The molecule has 0 aromatic heterocycles. The highest BCUT2D eigenvalue weighted by molar-refractivity contribution is 6.19. The smallest absolute Gasteiger partial charge is 0.134 e. The molecule has 0 aliphatic heterocycles. The number of halogens is 1. The van der Waals surface area contributed by atoms with Crippen LogP contribution in [0.15, 0.2) is 18.2 Å². The molecule has 1 saturated carbocycles. The second-order valence-corrected chi connectivity index (χ2v) is 4.78. The first kappa shape index (κ1) is 12.3. The topological polar surface area (TPSA) is 9.23 Å². The molecule has 0 atom stereocenters. The highest BCUT2D eigenvalue weighted by Gasteiger charge is 2.20. The van der Waals surface area contributed by atoms with Crippen molar-refractivity contribution in [3.05, 3.63) is 29.3 Å². The number of hydrogen-bond donors (Lipinski definition) is 0. The maximum absolute atomic E-state index is 5.79. The molecule has 17 heavy (non-hydrogen) atoms. The Morgan fingerprint density at radius 1 is 1.41 bits per heavy atom. The predicted octanol–water partition coefficient (Wildman–Crippen LogP) is 3.76. The lowest BCUT2D eigenvalue weighted by atomic mass is 10.1. The molecule has 0 saturated heterocycles. The lowest BCUT2D eigenvalue weighted by molar-refractivity contribution is 0.301. The molecule has 1 aromatic rings. The quantitative estimate of drug-likeness (QED) is 0.582. The van der Waals surface area contributed by atoms with Gasteiger partial charge in [-0.05, 0) is 37.0 Å². The van der Waals surface area contributed by atoms with Crippen molar-refractivity contribution in [2.75, 3.05) is 12.5 Å². The van der Waals surface area contributed by atoms with Gasteiger partial charge in [0.1, 0.15) is 5.75 Å². The summed E-state index contributed by atoms with van der Waals surface area (Å²) in [4.78, 5) is 0. The van der Waals surface area contributed by atoms with E-state index in [2.05, 4.69) is 24.8 Å². The van der Waals surface area contributed by atoms with Crippen LogP contribution in [0.4, 0.5) is 0 Å². The van der Waals surface area contributed by atoms with Crippen LogP contribution in [-0.4, -0.2) is 12.5 Å². The Balaban J connectivity index is 2.02. The summed E-state index contributed by atoms with van der Waals surface area (Å²) in [5.41, 5.74) is 2.14. The van der Waals surface area contributed by atoms with Gasteiger partial charge in [-0.15, -0.1) is 11.6 Å². The highest BCUT2D eigenvalue weighted by Crippen LogP contribution is 2.32. The van der Waals surface area contributed by atoms with Gasteiger partial charge >= 0.3 is 0 Å². The molecule has 90 valence electrons. The number of alkyl halides is 1. The first-order valence-electron chi connectivity index (χ1n) is 6.08. The van der Waals surface area contributed by atoms with E-state index in [1.807, 2.05) is 12.1 Å². The van der Waals surface area contributed by atoms with Crippen LogP contribution in [0, 0.1) is 24.7 Å². The van der Waals surface area contributed by atoms with Crippen molar-refractivity contribution in [2.45, 2.75) is 26.2 Å². The summed E-state index contributed by atoms with van der Waals surface area (Å²) in [5.74, 6) is 8.07. The van der Waals surface area contributed by atoms with Crippen LogP contribution in [0.5, 0.6) is 5.75 Å². The minimum Gasteiger partial charge on any atom is -0.492 e. The standard InChI is InChI=1S/C15H17ClO/c1-12-4-7-15(14(11-12)3-2-9-16)17-10-8-13-5-6-13/h4,7,11,13H,5-6,8-10H2,1H3. The summed E-state index contributed by atoms with van der Waals surface area (Å²) >= 11 is 5.58.